The standard InChI is InChI=1S/C14H16BrN3/c1-16-14-9-12(7-8-17-14)18(2)10-11-5-3-4-6-13(11)15/h3-9H,10H2,1-2H3,(H,16,17). The number of rotatable bonds is 4. The van der Waals surface area contributed by atoms with E-state index >= 15 is 0 Å². The van der Waals surface area contributed by atoms with Crippen LogP contribution in [-0.2, 0) is 6.54 Å². The molecule has 18 heavy (non-hydrogen) atoms. The Bertz CT molecular complexity index is 528. The number of benzene rings is 1. The minimum Gasteiger partial charge on any atom is -0.373 e. The average molecular weight is 306 g/mol. The Balaban J connectivity index is 2.16. The maximum Gasteiger partial charge on any atom is 0.127 e. The highest BCUT2D eigenvalue weighted by atomic mass is 79.9. The van der Waals surface area contributed by atoms with Gasteiger partial charge in [0, 0.05) is 43.1 Å². The molecular formula is C14H16BrN3. The summed E-state index contributed by atoms with van der Waals surface area (Å²) in [5.74, 6) is 0.881. The Labute approximate surface area is 116 Å². The molecule has 0 saturated heterocycles. The predicted octanol–water partition coefficient (Wildman–Crippen LogP) is 3.52. The van der Waals surface area contributed by atoms with Crippen LogP contribution >= 0.6 is 15.9 Å². The predicted molar refractivity (Wildman–Crippen MR) is 80.0 cm³/mol. The van der Waals surface area contributed by atoms with Crippen LogP contribution in [-0.4, -0.2) is 19.1 Å². The molecule has 0 amide bonds. The third-order valence-electron chi connectivity index (χ3n) is 2.81. The summed E-state index contributed by atoms with van der Waals surface area (Å²) in [5.41, 5.74) is 2.41. The van der Waals surface area contributed by atoms with Crippen molar-refractivity contribution in [3.8, 4) is 0 Å². The van der Waals surface area contributed by atoms with E-state index in [2.05, 4.69) is 56.4 Å². The fraction of sp³-hybridized carbons (Fsp3) is 0.214. The molecule has 1 aromatic heterocycles. The van der Waals surface area contributed by atoms with Crippen molar-refractivity contribution in [2.45, 2.75) is 6.54 Å². The molecule has 1 N–H and O–H groups in total. The first-order valence-corrected chi connectivity index (χ1v) is 6.58. The summed E-state index contributed by atoms with van der Waals surface area (Å²) in [7, 11) is 3.95. The van der Waals surface area contributed by atoms with Crippen LogP contribution in [0.1, 0.15) is 5.56 Å². The molecule has 94 valence electrons. The van der Waals surface area contributed by atoms with Crippen molar-refractivity contribution in [1.29, 1.82) is 0 Å². The first kappa shape index (κ1) is 12.9. The van der Waals surface area contributed by atoms with E-state index in [1.807, 2.05) is 31.4 Å². The van der Waals surface area contributed by atoms with Gasteiger partial charge >= 0.3 is 0 Å². The fourth-order valence-electron chi connectivity index (χ4n) is 1.77. The summed E-state index contributed by atoms with van der Waals surface area (Å²) >= 11 is 3.57. The van der Waals surface area contributed by atoms with Gasteiger partial charge in [0.25, 0.3) is 0 Å². The van der Waals surface area contributed by atoms with Gasteiger partial charge in [0.1, 0.15) is 5.82 Å². The zero-order chi connectivity index (χ0) is 13.0. The van der Waals surface area contributed by atoms with E-state index in [9.17, 15) is 0 Å². The number of aromatic nitrogens is 1. The van der Waals surface area contributed by atoms with E-state index in [4.69, 9.17) is 0 Å². The first-order valence-electron chi connectivity index (χ1n) is 5.79. The minimum absolute atomic E-state index is 0.856. The summed E-state index contributed by atoms with van der Waals surface area (Å²) in [5, 5.41) is 3.05. The third kappa shape index (κ3) is 3.01. The Kier molecular flexibility index (Phi) is 4.20. The maximum absolute atomic E-state index is 4.22. The van der Waals surface area contributed by atoms with Gasteiger partial charge < -0.3 is 10.2 Å². The largest absolute Gasteiger partial charge is 0.373 e. The number of nitrogens with one attached hydrogen (secondary N) is 1. The zero-order valence-electron chi connectivity index (χ0n) is 10.5. The van der Waals surface area contributed by atoms with E-state index in [-0.39, 0.29) is 0 Å². The van der Waals surface area contributed by atoms with E-state index in [1.165, 1.54) is 5.56 Å². The summed E-state index contributed by atoms with van der Waals surface area (Å²) in [6.45, 7) is 0.856. The lowest BCUT2D eigenvalue weighted by Gasteiger charge is -2.20. The van der Waals surface area contributed by atoms with Crippen molar-refractivity contribution >= 4 is 27.4 Å². The Morgan fingerprint density at radius 2 is 2.06 bits per heavy atom. The molecule has 0 aliphatic heterocycles. The smallest absolute Gasteiger partial charge is 0.127 e. The number of nitrogens with zero attached hydrogens (tertiary/aromatic N) is 2. The molecule has 0 aliphatic carbocycles. The average Bonchev–Trinajstić information content (AvgIpc) is 2.41. The van der Waals surface area contributed by atoms with E-state index in [0.717, 1.165) is 22.5 Å². The van der Waals surface area contributed by atoms with Crippen LogP contribution in [0.15, 0.2) is 47.1 Å². The number of hydrogen-bond donors (Lipinski definition) is 1. The lowest BCUT2D eigenvalue weighted by Crippen LogP contribution is -2.16. The molecule has 0 radical (unpaired) electrons. The van der Waals surface area contributed by atoms with Gasteiger partial charge in [-0.2, -0.15) is 0 Å². The highest BCUT2D eigenvalue weighted by Gasteiger charge is 2.05. The van der Waals surface area contributed by atoms with E-state index in [0.29, 0.717) is 0 Å². The second kappa shape index (κ2) is 5.87. The lowest BCUT2D eigenvalue weighted by atomic mass is 10.2. The van der Waals surface area contributed by atoms with Crippen LogP contribution in [0.25, 0.3) is 0 Å². The quantitative estimate of drug-likeness (QED) is 0.937. The molecule has 2 rings (SSSR count). The molecule has 1 aromatic carbocycles. The molecule has 0 atom stereocenters. The minimum atomic E-state index is 0.856. The second-order valence-electron chi connectivity index (χ2n) is 4.10. The summed E-state index contributed by atoms with van der Waals surface area (Å²) < 4.78 is 1.14. The number of pyridine rings is 1. The lowest BCUT2D eigenvalue weighted by molar-refractivity contribution is 0.916. The molecule has 0 fully saturated rings. The van der Waals surface area contributed by atoms with Crippen molar-refractivity contribution in [3.05, 3.63) is 52.6 Å². The van der Waals surface area contributed by atoms with Crippen LogP contribution < -0.4 is 10.2 Å². The Morgan fingerprint density at radius 3 is 2.78 bits per heavy atom. The van der Waals surface area contributed by atoms with Gasteiger partial charge in [0.2, 0.25) is 0 Å². The molecule has 0 aliphatic rings. The highest BCUT2D eigenvalue weighted by Crippen LogP contribution is 2.21. The zero-order valence-corrected chi connectivity index (χ0v) is 12.1. The normalized spacial score (nSPS) is 10.2. The van der Waals surface area contributed by atoms with Crippen molar-refractivity contribution < 1.29 is 0 Å². The van der Waals surface area contributed by atoms with Crippen molar-refractivity contribution in [3.63, 3.8) is 0 Å². The van der Waals surface area contributed by atoms with Crippen molar-refractivity contribution in [1.82, 2.24) is 4.98 Å². The third-order valence-corrected chi connectivity index (χ3v) is 3.58. The SMILES string of the molecule is CNc1cc(N(C)Cc2ccccc2Br)ccn1. The van der Waals surface area contributed by atoms with Crippen molar-refractivity contribution in [2.24, 2.45) is 0 Å². The summed E-state index contributed by atoms with van der Waals surface area (Å²) in [6, 6.07) is 12.3. The summed E-state index contributed by atoms with van der Waals surface area (Å²) in [4.78, 5) is 6.41. The molecular weight excluding hydrogens is 290 g/mol. The topological polar surface area (TPSA) is 28.2 Å². The van der Waals surface area contributed by atoms with Gasteiger partial charge in [-0.1, -0.05) is 34.1 Å². The van der Waals surface area contributed by atoms with Gasteiger partial charge in [-0.3, -0.25) is 0 Å². The van der Waals surface area contributed by atoms with Gasteiger partial charge in [-0.15, -0.1) is 0 Å². The monoisotopic (exact) mass is 305 g/mol. The number of hydrogen-bond acceptors (Lipinski definition) is 3. The van der Waals surface area contributed by atoms with Gasteiger partial charge in [-0.05, 0) is 17.7 Å². The Morgan fingerprint density at radius 1 is 1.28 bits per heavy atom. The molecule has 0 saturated carbocycles. The number of anilines is 2. The Hall–Kier alpha value is -1.55. The van der Waals surface area contributed by atoms with Gasteiger partial charge in [-0.25, -0.2) is 4.98 Å². The van der Waals surface area contributed by atoms with Crippen LogP contribution in [0, 0.1) is 0 Å². The number of halogens is 1. The van der Waals surface area contributed by atoms with E-state index < -0.39 is 0 Å². The molecule has 0 unspecified atom stereocenters. The van der Waals surface area contributed by atoms with Crippen LogP contribution in [0.4, 0.5) is 11.5 Å². The summed E-state index contributed by atoms with van der Waals surface area (Å²) in [6.07, 6.45) is 1.82. The van der Waals surface area contributed by atoms with Crippen molar-refractivity contribution in [2.75, 3.05) is 24.3 Å². The molecule has 4 heteroatoms. The van der Waals surface area contributed by atoms with Gasteiger partial charge in [0.05, 0.1) is 0 Å². The first-order chi connectivity index (χ1) is 8.70. The second-order valence-corrected chi connectivity index (χ2v) is 4.95. The van der Waals surface area contributed by atoms with Crippen LogP contribution in [0.2, 0.25) is 0 Å². The molecule has 0 spiro atoms. The maximum atomic E-state index is 4.22. The van der Waals surface area contributed by atoms with Crippen LogP contribution in [0.3, 0.4) is 0 Å². The molecule has 3 nitrogen and oxygen atoms in total. The van der Waals surface area contributed by atoms with Crippen LogP contribution in [0.5, 0.6) is 0 Å². The molecule has 2 aromatic rings. The fourth-order valence-corrected chi connectivity index (χ4v) is 2.18. The van der Waals surface area contributed by atoms with E-state index in [1.54, 1.807) is 0 Å². The molecule has 1 heterocycles. The van der Waals surface area contributed by atoms with Gasteiger partial charge in [0.15, 0.2) is 0 Å². The highest BCUT2D eigenvalue weighted by molar-refractivity contribution is 9.10. The molecule has 0 bridgehead atoms.